The largest absolute Gasteiger partial charge is 0.481 e. The van der Waals surface area contributed by atoms with Crippen LogP contribution in [-0.2, 0) is 16.1 Å². The van der Waals surface area contributed by atoms with Gasteiger partial charge in [-0.05, 0) is 30.7 Å². The second kappa shape index (κ2) is 11.1. The molecule has 1 aromatic carbocycles. The molecule has 0 bridgehead atoms. The maximum Gasteiger partial charge on any atom is 0.303 e. The van der Waals surface area contributed by atoms with Crippen LogP contribution < -0.4 is 0 Å². The third-order valence-electron chi connectivity index (χ3n) is 3.53. The van der Waals surface area contributed by atoms with Gasteiger partial charge >= 0.3 is 5.97 Å². The van der Waals surface area contributed by atoms with Crippen LogP contribution in [0.5, 0.6) is 0 Å². The molecule has 0 radical (unpaired) electrons. The van der Waals surface area contributed by atoms with Gasteiger partial charge in [-0.3, -0.25) is 4.79 Å². The zero-order valence-electron chi connectivity index (χ0n) is 12.7. The number of carboxylic acid groups (broad SMARTS) is 1. The van der Waals surface area contributed by atoms with Gasteiger partial charge in [-0.25, -0.2) is 0 Å². The van der Waals surface area contributed by atoms with E-state index in [2.05, 4.69) is 18.7 Å². The molecule has 0 saturated carbocycles. The summed E-state index contributed by atoms with van der Waals surface area (Å²) in [7, 11) is 0. The Labute approximate surface area is 127 Å². The molecule has 0 aromatic heterocycles. The maximum atomic E-state index is 10.6. The third kappa shape index (κ3) is 9.03. The van der Waals surface area contributed by atoms with Crippen molar-refractivity contribution in [3.8, 4) is 0 Å². The zero-order valence-corrected chi connectivity index (χ0v) is 12.7. The molecular formula is C18H26O3. The molecule has 116 valence electrons. The van der Waals surface area contributed by atoms with Crippen LogP contribution in [0.3, 0.4) is 0 Å². The summed E-state index contributed by atoms with van der Waals surface area (Å²) in [5.74, 6) is -0.275. The highest BCUT2D eigenvalue weighted by atomic mass is 16.5. The van der Waals surface area contributed by atoms with E-state index < -0.39 is 5.97 Å². The van der Waals surface area contributed by atoms with E-state index in [9.17, 15) is 4.79 Å². The maximum absolute atomic E-state index is 10.6. The highest BCUT2D eigenvalue weighted by Crippen LogP contribution is 2.19. The molecular weight excluding hydrogens is 264 g/mol. The van der Waals surface area contributed by atoms with Crippen LogP contribution in [0.4, 0.5) is 0 Å². The minimum atomic E-state index is -0.713. The number of aliphatic carboxylic acids is 1. The molecule has 1 N–H and O–H groups in total. The quantitative estimate of drug-likeness (QED) is 0.457. The van der Waals surface area contributed by atoms with Crippen LogP contribution in [0.1, 0.15) is 44.1 Å². The molecule has 1 rings (SSSR count). The summed E-state index contributed by atoms with van der Waals surface area (Å²) in [5.41, 5.74) is 1.20. The van der Waals surface area contributed by atoms with Crippen molar-refractivity contribution in [2.75, 3.05) is 6.61 Å². The molecule has 0 spiro atoms. The average molecular weight is 290 g/mol. The number of hydrogen-bond donors (Lipinski definition) is 1. The van der Waals surface area contributed by atoms with Gasteiger partial charge in [0.1, 0.15) is 0 Å². The van der Waals surface area contributed by atoms with Crippen molar-refractivity contribution >= 4 is 5.97 Å². The van der Waals surface area contributed by atoms with E-state index in [4.69, 9.17) is 9.84 Å². The van der Waals surface area contributed by atoms with Crippen LogP contribution >= 0.6 is 0 Å². The first-order chi connectivity index (χ1) is 10.2. The third-order valence-corrected chi connectivity index (χ3v) is 3.53. The van der Waals surface area contributed by atoms with Gasteiger partial charge < -0.3 is 9.84 Å². The Kier molecular flexibility index (Phi) is 9.21. The van der Waals surface area contributed by atoms with Gasteiger partial charge in [0.25, 0.3) is 0 Å². The lowest BCUT2D eigenvalue weighted by atomic mass is 9.93. The smallest absolute Gasteiger partial charge is 0.303 e. The first kappa shape index (κ1) is 17.4. The standard InChI is InChI=1S/C18H26O3/c1-2-8-16(12-13-18(19)20)9-6-7-14-21-15-17-10-4-3-5-11-17/h2-5,10-11,16H,1,6-9,12-15H2,(H,19,20)/t16-/m1/s1. The lowest BCUT2D eigenvalue weighted by Gasteiger charge is -2.13. The van der Waals surface area contributed by atoms with Crippen LogP contribution in [0, 0.1) is 5.92 Å². The monoisotopic (exact) mass is 290 g/mol. The Morgan fingerprint density at radius 2 is 2.00 bits per heavy atom. The fraction of sp³-hybridized carbons (Fsp3) is 0.500. The summed E-state index contributed by atoms with van der Waals surface area (Å²) >= 11 is 0. The molecule has 0 heterocycles. The Morgan fingerprint density at radius 1 is 1.24 bits per heavy atom. The summed E-state index contributed by atoms with van der Waals surface area (Å²) in [6, 6.07) is 10.2. The van der Waals surface area contributed by atoms with Crippen molar-refractivity contribution in [2.45, 2.75) is 45.1 Å². The second-order valence-corrected chi connectivity index (χ2v) is 5.36. The first-order valence-corrected chi connectivity index (χ1v) is 7.66. The molecule has 3 heteroatoms. The van der Waals surface area contributed by atoms with Crippen molar-refractivity contribution in [1.29, 1.82) is 0 Å². The Balaban J connectivity index is 2.07. The van der Waals surface area contributed by atoms with Crippen molar-refractivity contribution in [3.63, 3.8) is 0 Å². The molecule has 1 aromatic rings. The van der Waals surface area contributed by atoms with E-state index in [0.717, 1.165) is 38.7 Å². The predicted octanol–water partition coefficient (Wildman–Crippen LogP) is 4.43. The molecule has 0 aliphatic rings. The lowest BCUT2D eigenvalue weighted by Crippen LogP contribution is -2.05. The fourth-order valence-corrected chi connectivity index (χ4v) is 2.34. The Bertz CT molecular complexity index is 400. The fourth-order valence-electron chi connectivity index (χ4n) is 2.34. The molecule has 1 atom stereocenters. The first-order valence-electron chi connectivity index (χ1n) is 7.66. The van der Waals surface area contributed by atoms with E-state index in [-0.39, 0.29) is 6.42 Å². The van der Waals surface area contributed by atoms with E-state index in [0.29, 0.717) is 12.5 Å². The lowest BCUT2D eigenvalue weighted by molar-refractivity contribution is -0.137. The van der Waals surface area contributed by atoms with E-state index in [1.54, 1.807) is 0 Å². The highest BCUT2D eigenvalue weighted by Gasteiger charge is 2.09. The SMILES string of the molecule is C=CC[C@H](CCCCOCc1ccccc1)CCC(=O)O. The van der Waals surface area contributed by atoms with Crippen molar-refractivity contribution in [2.24, 2.45) is 5.92 Å². The molecule has 0 aliphatic heterocycles. The minimum absolute atomic E-state index is 0.253. The van der Waals surface area contributed by atoms with Gasteiger partial charge in [0.2, 0.25) is 0 Å². The van der Waals surface area contributed by atoms with Crippen LogP contribution in [0.15, 0.2) is 43.0 Å². The zero-order chi connectivity index (χ0) is 15.3. The number of rotatable bonds is 12. The van der Waals surface area contributed by atoms with E-state index in [1.807, 2.05) is 24.3 Å². The molecule has 0 fully saturated rings. The van der Waals surface area contributed by atoms with Crippen LogP contribution in [0.2, 0.25) is 0 Å². The highest BCUT2D eigenvalue weighted by molar-refractivity contribution is 5.66. The summed E-state index contributed by atoms with van der Waals surface area (Å²) in [6.45, 7) is 5.17. The topological polar surface area (TPSA) is 46.5 Å². The number of benzene rings is 1. The van der Waals surface area contributed by atoms with Crippen molar-refractivity contribution in [3.05, 3.63) is 48.6 Å². The normalized spacial score (nSPS) is 12.0. The minimum Gasteiger partial charge on any atom is -0.481 e. The van der Waals surface area contributed by atoms with E-state index in [1.165, 1.54) is 5.56 Å². The number of unbranched alkanes of at least 4 members (excludes halogenated alkanes) is 1. The molecule has 0 unspecified atom stereocenters. The van der Waals surface area contributed by atoms with Gasteiger partial charge in [-0.2, -0.15) is 0 Å². The van der Waals surface area contributed by atoms with Gasteiger partial charge in [0.05, 0.1) is 6.61 Å². The summed E-state index contributed by atoms with van der Waals surface area (Å²) < 4.78 is 5.65. The van der Waals surface area contributed by atoms with Gasteiger partial charge in [-0.1, -0.05) is 49.2 Å². The van der Waals surface area contributed by atoms with E-state index >= 15 is 0 Å². The van der Waals surface area contributed by atoms with Crippen molar-refractivity contribution < 1.29 is 14.6 Å². The predicted molar refractivity (Wildman–Crippen MR) is 85.1 cm³/mol. The average Bonchev–Trinajstić information content (AvgIpc) is 2.49. The summed E-state index contributed by atoms with van der Waals surface area (Å²) in [4.78, 5) is 10.6. The molecule has 0 aliphatic carbocycles. The number of carboxylic acids is 1. The second-order valence-electron chi connectivity index (χ2n) is 5.36. The van der Waals surface area contributed by atoms with Crippen LogP contribution in [0.25, 0.3) is 0 Å². The Hall–Kier alpha value is -1.61. The molecule has 21 heavy (non-hydrogen) atoms. The van der Waals surface area contributed by atoms with Gasteiger partial charge in [0, 0.05) is 13.0 Å². The Morgan fingerprint density at radius 3 is 2.67 bits per heavy atom. The summed E-state index contributed by atoms with van der Waals surface area (Å²) in [5, 5.41) is 8.73. The molecule has 3 nitrogen and oxygen atoms in total. The van der Waals surface area contributed by atoms with Crippen LogP contribution in [-0.4, -0.2) is 17.7 Å². The molecule has 0 amide bonds. The molecule has 0 saturated heterocycles. The van der Waals surface area contributed by atoms with Gasteiger partial charge in [-0.15, -0.1) is 6.58 Å². The summed E-state index contributed by atoms with van der Waals surface area (Å²) in [6.07, 6.45) is 6.93. The number of ether oxygens (including phenoxy) is 1. The van der Waals surface area contributed by atoms with Gasteiger partial charge in [0.15, 0.2) is 0 Å². The van der Waals surface area contributed by atoms with Crippen molar-refractivity contribution in [1.82, 2.24) is 0 Å². The number of hydrogen-bond acceptors (Lipinski definition) is 2. The number of carbonyl (C=O) groups is 1. The number of allylic oxidation sites excluding steroid dienone is 1.